The van der Waals surface area contributed by atoms with Crippen LogP contribution in [0.25, 0.3) is 16.9 Å². The highest BCUT2D eigenvalue weighted by molar-refractivity contribution is 7.89. The Morgan fingerprint density at radius 2 is 2.00 bits per heavy atom. The van der Waals surface area contributed by atoms with E-state index in [1.54, 1.807) is 28.8 Å². The summed E-state index contributed by atoms with van der Waals surface area (Å²) in [6.07, 6.45) is 1.09. The van der Waals surface area contributed by atoms with E-state index in [0.717, 1.165) is 5.56 Å². The second kappa shape index (κ2) is 7.99. The molecule has 1 amide bonds. The lowest BCUT2D eigenvalue weighted by Gasteiger charge is -2.11. The van der Waals surface area contributed by atoms with Crippen LogP contribution in [0.15, 0.2) is 36.4 Å². The molecule has 2 aromatic heterocycles. The van der Waals surface area contributed by atoms with Gasteiger partial charge in [0.1, 0.15) is 5.41 Å². The first-order valence-corrected chi connectivity index (χ1v) is 11.7. The van der Waals surface area contributed by atoms with Crippen LogP contribution in [0.3, 0.4) is 0 Å². The van der Waals surface area contributed by atoms with Gasteiger partial charge in [0.15, 0.2) is 23.0 Å². The number of hydrogen-bond acceptors (Lipinski definition) is 7. The molecule has 11 heteroatoms. The van der Waals surface area contributed by atoms with Gasteiger partial charge >= 0.3 is 0 Å². The van der Waals surface area contributed by atoms with Gasteiger partial charge in [-0.3, -0.25) is 9.59 Å². The molecule has 0 spiro atoms. The maximum absolute atomic E-state index is 12.8. The number of nitrogens with one attached hydrogen (secondary N) is 1. The minimum Gasteiger partial charge on any atom is -0.493 e. The van der Waals surface area contributed by atoms with Gasteiger partial charge < -0.3 is 10.1 Å². The van der Waals surface area contributed by atoms with Crippen LogP contribution in [0.4, 0.5) is 0 Å². The van der Waals surface area contributed by atoms with Crippen molar-refractivity contribution >= 4 is 27.4 Å². The number of fused-ring (bicyclic) bond motifs is 1. The summed E-state index contributed by atoms with van der Waals surface area (Å²) in [5, 5.41) is 12.2. The summed E-state index contributed by atoms with van der Waals surface area (Å²) in [5.74, 6) is 0.0811. The normalized spacial score (nSPS) is 14.8. The van der Waals surface area contributed by atoms with E-state index in [9.17, 15) is 18.0 Å². The molecule has 3 N–H and O–H groups in total. The fourth-order valence-corrected chi connectivity index (χ4v) is 3.96. The number of primary sulfonamides is 1. The topological polar surface area (TPSA) is 146 Å². The van der Waals surface area contributed by atoms with Crippen LogP contribution in [-0.4, -0.2) is 54.1 Å². The Morgan fingerprint density at radius 3 is 2.62 bits per heavy atom. The van der Waals surface area contributed by atoms with Crippen LogP contribution < -0.4 is 15.2 Å². The molecule has 10 nitrogen and oxygen atoms in total. The number of hydrogen-bond donors (Lipinski definition) is 2. The summed E-state index contributed by atoms with van der Waals surface area (Å²) in [6.45, 7) is 1.42. The van der Waals surface area contributed by atoms with Crippen molar-refractivity contribution < 1.29 is 22.7 Å². The fourth-order valence-electron chi connectivity index (χ4n) is 3.57. The van der Waals surface area contributed by atoms with Crippen molar-refractivity contribution in [2.24, 2.45) is 5.14 Å². The van der Waals surface area contributed by atoms with Gasteiger partial charge in [-0.1, -0.05) is 18.2 Å². The number of benzene rings is 1. The highest BCUT2D eigenvalue weighted by Crippen LogP contribution is 2.47. The highest BCUT2D eigenvalue weighted by Gasteiger charge is 2.54. The zero-order chi connectivity index (χ0) is 23.1. The van der Waals surface area contributed by atoms with Gasteiger partial charge in [0.25, 0.3) is 0 Å². The number of amides is 1. The molecule has 1 aromatic carbocycles. The lowest BCUT2D eigenvalue weighted by atomic mass is 10.1. The van der Waals surface area contributed by atoms with Crippen LogP contribution in [0.5, 0.6) is 5.75 Å². The summed E-state index contributed by atoms with van der Waals surface area (Å²) >= 11 is 0. The summed E-state index contributed by atoms with van der Waals surface area (Å²) < 4.78 is 29.3. The Kier molecular flexibility index (Phi) is 5.47. The van der Waals surface area contributed by atoms with Gasteiger partial charge in [-0.05, 0) is 38.0 Å². The average molecular weight is 458 g/mol. The predicted octanol–water partition coefficient (Wildman–Crippen LogP) is 1.04. The molecule has 3 aromatic rings. The molecule has 0 radical (unpaired) electrons. The standard InChI is InChI=1S/C21H23N5O5S/c1-13(27)14-4-3-5-15(12-14)16-6-7-17(31-2)18-24-19(25-26(16)18)21(8-9-21)20(28)23-10-11-32(22,29)30/h3-7,12H,8-11H2,1-2H3,(H,23,28)(H2,22,29,30). The molecule has 2 heterocycles. The Bertz CT molecular complexity index is 1330. The number of aromatic nitrogens is 3. The fraction of sp³-hybridized carbons (Fsp3) is 0.333. The molecule has 0 saturated heterocycles. The minimum absolute atomic E-state index is 0.0519. The van der Waals surface area contributed by atoms with E-state index in [4.69, 9.17) is 9.88 Å². The lowest BCUT2D eigenvalue weighted by molar-refractivity contribution is -0.123. The monoisotopic (exact) mass is 457 g/mol. The Morgan fingerprint density at radius 1 is 1.25 bits per heavy atom. The van der Waals surface area contributed by atoms with Crippen molar-refractivity contribution in [3.63, 3.8) is 0 Å². The molecule has 0 aliphatic heterocycles. The number of ketones is 1. The van der Waals surface area contributed by atoms with Gasteiger partial charge in [0.2, 0.25) is 15.9 Å². The van der Waals surface area contributed by atoms with E-state index in [-0.39, 0.29) is 24.0 Å². The molecule has 4 rings (SSSR count). The highest BCUT2D eigenvalue weighted by atomic mass is 32.2. The number of methoxy groups -OCH3 is 1. The molecule has 168 valence electrons. The predicted molar refractivity (Wildman–Crippen MR) is 117 cm³/mol. The third-order valence-corrected chi connectivity index (χ3v) is 6.29. The first-order valence-electron chi connectivity index (χ1n) is 9.99. The number of nitrogens with two attached hydrogens (primary N) is 1. The number of sulfonamides is 1. The van der Waals surface area contributed by atoms with Crippen molar-refractivity contribution in [1.82, 2.24) is 19.9 Å². The van der Waals surface area contributed by atoms with Crippen molar-refractivity contribution in [3.8, 4) is 17.0 Å². The zero-order valence-corrected chi connectivity index (χ0v) is 18.5. The summed E-state index contributed by atoms with van der Waals surface area (Å²) in [4.78, 5) is 29.2. The van der Waals surface area contributed by atoms with Crippen LogP contribution in [0.2, 0.25) is 0 Å². The second-order valence-electron chi connectivity index (χ2n) is 7.80. The van der Waals surface area contributed by atoms with E-state index in [1.807, 2.05) is 12.1 Å². The number of pyridine rings is 1. The SMILES string of the molecule is COc1ccc(-c2cccc(C(C)=O)c2)n2nc(C3(C(=O)NCCS(N)(=O)=O)CC3)nc12. The number of Topliss-reactive ketones (excluding diaryl/α,β-unsaturated/α-hetero) is 1. The smallest absolute Gasteiger partial charge is 0.234 e. The third-order valence-electron chi connectivity index (χ3n) is 5.52. The van der Waals surface area contributed by atoms with Crippen LogP contribution in [-0.2, 0) is 20.2 Å². The molecule has 32 heavy (non-hydrogen) atoms. The Labute approximate surface area is 184 Å². The largest absolute Gasteiger partial charge is 0.493 e. The maximum atomic E-state index is 12.8. The quantitative estimate of drug-likeness (QED) is 0.481. The molecule has 1 aliphatic carbocycles. The number of carbonyl (C=O) groups is 2. The first-order chi connectivity index (χ1) is 15.1. The minimum atomic E-state index is -3.68. The number of nitrogens with zero attached hydrogens (tertiary/aromatic N) is 3. The van der Waals surface area contributed by atoms with Crippen molar-refractivity contribution in [2.45, 2.75) is 25.2 Å². The summed E-state index contributed by atoms with van der Waals surface area (Å²) in [7, 11) is -2.16. The molecule has 0 atom stereocenters. The van der Waals surface area contributed by atoms with E-state index < -0.39 is 15.4 Å². The van der Waals surface area contributed by atoms with E-state index in [2.05, 4.69) is 15.4 Å². The van der Waals surface area contributed by atoms with Gasteiger partial charge in [-0.15, -0.1) is 5.10 Å². The third kappa shape index (κ3) is 4.08. The Hall–Kier alpha value is -3.31. The van der Waals surface area contributed by atoms with Crippen LogP contribution in [0, 0.1) is 0 Å². The lowest BCUT2D eigenvalue weighted by Crippen LogP contribution is -2.38. The number of ether oxygens (including phenoxy) is 1. The van der Waals surface area contributed by atoms with Gasteiger partial charge in [-0.25, -0.2) is 23.1 Å². The molecule has 1 aliphatic rings. The van der Waals surface area contributed by atoms with Crippen LogP contribution in [0.1, 0.15) is 35.9 Å². The van der Waals surface area contributed by atoms with Crippen LogP contribution >= 0.6 is 0 Å². The van der Waals surface area contributed by atoms with Crippen molar-refractivity contribution in [1.29, 1.82) is 0 Å². The summed E-state index contributed by atoms with van der Waals surface area (Å²) in [6, 6.07) is 10.7. The average Bonchev–Trinajstić information content (AvgIpc) is 3.44. The Balaban J connectivity index is 1.74. The molecule has 0 bridgehead atoms. The molecular weight excluding hydrogens is 434 g/mol. The molecule has 0 unspecified atom stereocenters. The van der Waals surface area contributed by atoms with Gasteiger partial charge in [0, 0.05) is 17.7 Å². The zero-order valence-electron chi connectivity index (χ0n) is 17.7. The van der Waals surface area contributed by atoms with E-state index in [0.29, 0.717) is 41.3 Å². The van der Waals surface area contributed by atoms with E-state index in [1.165, 1.54) is 14.0 Å². The number of carbonyl (C=O) groups excluding carboxylic acids is 2. The van der Waals surface area contributed by atoms with Gasteiger partial charge in [0.05, 0.1) is 18.6 Å². The molecule has 1 saturated carbocycles. The van der Waals surface area contributed by atoms with E-state index >= 15 is 0 Å². The maximum Gasteiger partial charge on any atom is 0.234 e. The first kappa shape index (κ1) is 21.9. The summed E-state index contributed by atoms with van der Waals surface area (Å²) in [5.41, 5.74) is 1.54. The van der Waals surface area contributed by atoms with Gasteiger partial charge in [-0.2, -0.15) is 0 Å². The second-order valence-corrected chi connectivity index (χ2v) is 9.53. The molecular formula is C21H23N5O5S. The van der Waals surface area contributed by atoms with Crippen molar-refractivity contribution in [3.05, 3.63) is 47.8 Å². The molecule has 1 fully saturated rings. The number of rotatable bonds is 8. The van der Waals surface area contributed by atoms with Crippen molar-refractivity contribution in [2.75, 3.05) is 19.4 Å².